The van der Waals surface area contributed by atoms with Crippen molar-refractivity contribution >= 4 is 17.8 Å². The van der Waals surface area contributed by atoms with Gasteiger partial charge in [-0.2, -0.15) is 0 Å². The number of carbonyl (C=O) groups is 3. The fourth-order valence-corrected chi connectivity index (χ4v) is 3.24. The Morgan fingerprint density at radius 1 is 1.00 bits per heavy atom. The van der Waals surface area contributed by atoms with Crippen LogP contribution >= 0.6 is 0 Å². The lowest BCUT2D eigenvalue weighted by atomic mass is 10.1. The zero-order chi connectivity index (χ0) is 21.2. The van der Waals surface area contributed by atoms with Gasteiger partial charge in [0.25, 0.3) is 5.91 Å². The monoisotopic (exact) mass is 403 g/mol. The van der Waals surface area contributed by atoms with Crippen molar-refractivity contribution in [2.75, 3.05) is 19.8 Å². The SMILES string of the molecule is CCCCCCN1CN(CCCC(=O)O)C=C1NC(=O)c1ccccc1C(=O)O. The highest BCUT2D eigenvalue weighted by Crippen LogP contribution is 2.18. The second kappa shape index (κ2) is 11.1. The summed E-state index contributed by atoms with van der Waals surface area (Å²) in [7, 11) is 0. The topological polar surface area (TPSA) is 110 Å². The lowest BCUT2D eigenvalue weighted by molar-refractivity contribution is -0.137. The lowest BCUT2D eigenvalue weighted by Crippen LogP contribution is -2.35. The molecule has 0 aromatic heterocycles. The van der Waals surface area contributed by atoms with Crippen molar-refractivity contribution in [3.8, 4) is 0 Å². The van der Waals surface area contributed by atoms with Crippen LogP contribution in [-0.4, -0.2) is 57.6 Å². The Balaban J connectivity index is 2.07. The van der Waals surface area contributed by atoms with E-state index in [0.29, 0.717) is 25.5 Å². The summed E-state index contributed by atoms with van der Waals surface area (Å²) in [6.07, 6.45) is 6.77. The van der Waals surface area contributed by atoms with Crippen LogP contribution in [0.5, 0.6) is 0 Å². The number of benzene rings is 1. The highest BCUT2D eigenvalue weighted by molar-refractivity contribution is 6.05. The van der Waals surface area contributed by atoms with Crippen molar-refractivity contribution in [1.82, 2.24) is 15.1 Å². The number of hydrogen-bond donors (Lipinski definition) is 3. The first-order valence-corrected chi connectivity index (χ1v) is 9.98. The highest BCUT2D eigenvalue weighted by atomic mass is 16.4. The van der Waals surface area contributed by atoms with Gasteiger partial charge in [0.05, 0.1) is 17.8 Å². The molecule has 0 radical (unpaired) electrons. The molecular formula is C21H29N3O5. The molecule has 0 atom stereocenters. The molecule has 1 heterocycles. The fourth-order valence-electron chi connectivity index (χ4n) is 3.24. The van der Waals surface area contributed by atoms with E-state index < -0.39 is 17.8 Å². The molecule has 29 heavy (non-hydrogen) atoms. The van der Waals surface area contributed by atoms with Crippen molar-refractivity contribution in [2.24, 2.45) is 0 Å². The molecule has 3 N–H and O–H groups in total. The molecule has 1 aliphatic rings. The third-order valence-electron chi connectivity index (χ3n) is 4.76. The van der Waals surface area contributed by atoms with Crippen molar-refractivity contribution < 1.29 is 24.6 Å². The molecule has 1 aliphatic heterocycles. The van der Waals surface area contributed by atoms with Gasteiger partial charge < -0.3 is 25.3 Å². The smallest absolute Gasteiger partial charge is 0.336 e. The number of nitrogens with one attached hydrogen (secondary N) is 1. The summed E-state index contributed by atoms with van der Waals surface area (Å²) in [5.41, 5.74) is 0.0626. The van der Waals surface area contributed by atoms with Crippen molar-refractivity contribution in [3.05, 3.63) is 47.4 Å². The molecule has 0 saturated carbocycles. The van der Waals surface area contributed by atoms with Gasteiger partial charge in [-0.25, -0.2) is 4.79 Å². The van der Waals surface area contributed by atoms with Crippen molar-refractivity contribution in [1.29, 1.82) is 0 Å². The summed E-state index contributed by atoms with van der Waals surface area (Å²) in [5.74, 6) is -1.84. The number of carboxylic acid groups (broad SMARTS) is 2. The van der Waals surface area contributed by atoms with E-state index in [0.717, 1.165) is 32.2 Å². The van der Waals surface area contributed by atoms with Gasteiger partial charge in [-0.05, 0) is 25.0 Å². The minimum Gasteiger partial charge on any atom is -0.481 e. The van der Waals surface area contributed by atoms with E-state index in [2.05, 4.69) is 12.2 Å². The maximum atomic E-state index is 12.7. The summed E-state index contributed by atoms with van der Waals surface area (Å²) in [6, 6.07) is 6.11. The van der Waals surface area contributed by atoms with Crippen LogP contribution < -0.4 is 5.32 Å². The summed E-state index contributed by atoms with van der Waals surface area (Å²) in [5, 5.41) is 21.0. The van der Waals surface area contributed by atoms with Crippen LogP contribution in [0.1, 0.15) is 66.2 Å². The molecule has 0 spiro atoms. The summed E-state index contributed by atoms with van der Waals surface area (Å²) in [4.78, 5) is 38.9. The van der Waals surface area contributed by atoms with Gasteiger partial charge in [0.2, 0.25) is 0 Å². The van der Waals surface area contributed by atoms with Crippen LogP contribution in [0.3, 0.4) is 0 Å². The largest absolute Gasteiger partial charge is 0.481 e. The first-order valence-electron chi connectivity index (χ1n) is 9.98. The van der Waals surface area contributed by atoms with Gasteiger partial charge in [0, 0.05) is 25.7 Å². The Morgan fingerprint density at radius 3 is 2.38 bits per heavy atom. The normalized spacial score (nSPS) is 13.3. The lowest BCUT2D eigenvalue weighted by Gasteiger charge is -2.24. The fraction of sp³-hybridized carbons (Fsp3) is 0.476. The predicted octanol–water partition coefficient (Wildman–Crippen LogP) is 2.93. The number of amides is 1. The summed E-state index contributed by atoms with van der Waals surface area (Å²) >= 11 is 0. The number of unbranched alkanes of at least 4 members (excludes halogenated alkanes) is 3. The Hall–Kier alpha value is -3.03. The molecule has 0 aliphatic carbocycles. The molecule has 8 heteroatoms. The molecule has 0 bridgehead atoms. The van der Waals surface area contributed by atoms with E-state index in [4.69, 9.17) is 5.11 Å². The van der Waals surface area contributed by atoms with Crippen molar-refractivity contribution in [3.63, 3.8) is 0 Å². The van der Waals surface area contributed by atoms with E-state index in [1.165, 1.54) is 12.1 Å². The first-order chi connectivity index (χ1) is 13.9. The molecule has 1 aromatic rings. The van der Waals surface area contributed by atoms with Crippen LogP contribution in [0.2, 0.25) is 0 Å². The molecule has 1 aromatic carbocycles. The molecule has 8 nitrogen and oxygen atoms in total. The Morgan fingerprint density at radius 2 is 1.72 bits per heavy atom. The molecule has 0 fully saturated rings. The number of aromatic carboxylic acids is 1. The van der Waals surface area contributed by atoms with E-state index in [1.54, 1.807) is 12.1 Å². The maximum Gasteiger partial charge on any atom is 0.336 e. The standard InChI is InChI=1S/C21H29N3O5/c1-2-3-4-7-13-24-15-23(12-8-11-19(25)26)14-18(24)22-20(27)16-9-5-6-10-17(16)21(28)29/h5-6,9-10,14H,2-4,7-8,11-13,15H2,1H3,(H,22,27)(H,25,26)(H,28,29). The Kier molecular flexibility index (Phi) is 8.51. The highest BCUT2D eigenvalue weighted by Gasteiger charge is 2.24. The van der Waals surface area contributed by atoms with Gasteiger partial charge in [-0.1, -0.05) is 38.3 Å². The number of aliphatic carboxylic acids is 1. The van der Waals surface area contributed by atoms with Gasteiger partial charge in [0.1, 0.15) is 5.82 Å². The average Bonchev–Trinajstić information content (AvgIpc) is 3.06. The molecule has 0 saturated heterocycles. The third kappa shape index (κ3) is 6.81. The zero-order valence-corrected chi connectivity index (χ0v) is 16.8. The predicted molar refractivity (Wildman–Crippen MR) is 108 cm³/mol. The number of hydrogen-bond acceptors (Lipinski definition) is 5. The van der Waals surface area contributed by atoms with Crippen LogP contribution in [0, 0.1) is 0 Å². The third-order valence-corrected chi connectivity index (χ3v) is 4.76. The van der Waals surface area contributed by atoms with Gasteiger partial charge in [-0.15, -0.1) is 0 Å². The number of nitrogens with zero attached hydrogens (tertiary/aromatic N) is 2. The maximum absolute atomic E-state index is 12.7. The second-order valence-corrected chi connectivity index (χ2v) is 7.09. The minimum absolute atomic E-state index is 0.0450. The van der Waals surface area contributed by atoms with E-state index in [9.17, 15) is 19.5 Å². The number of rotatable bonds is 12. The average molecular weight is 403 g/mol. The molecule has 1 amide bonds. The second-order valence-electron chi connectivity index (χ2n) is 7.09. The minimum atomic E-state index is -1.15. The van der Waals surface area contributed by atoms with Gasteiger partial charge in [-0.3, -0.25) is 9.59 Å². The quantitative estimate of drug-likeness (QED) is 0.460. The van der Waals surface area contributed by atoms with E-state index in [-0.39, 0.29) is 17.5 Å². The number of carboxylic acids is 2. The Bertz CT molecular complexity index is 762. The zero-order valence-electron chi connectivity index (χ0n) is 16.8. The van der Waals surface area contributed by atoms with E-state index in [1.807, 2.05) is 16.0 Å². The van der Waals surface area contributed by atoms with E-state index >= 15 is 0 Å². The molecular weight excluding hydrogens is 374 g/mol. The molecule has 158 valence electrons. The van der Waals surface area contributed by atoms with Crippen molar-refractivity contribution in [2.45, 2.75) is 45.4 Å². The van der Waals surface area contributed by atoms with Crippen LogP contribution in [0.15, 0.2) is 36.3 Å². The number of carbonyl (C=O) groups excluding carboxylic acids is 1. The van der Waals surface area contributed by atoms with Crippen LogP contribution in [-0.2, 0) is 4.79 Å². The van der Waals surface area contributed by atoms with Gasteiger partial charge in [0.15, 0.2) is 0 Å². The Labute approximate surface area is 170 Å². The molecule has 2 rings (SSSR count). The summed E-state index contributed by atoms with van der Waals surface area (Å²) < 4.78 is 0. The first kappa shape index (κ1) is 22.3. The summed E-state index contributed by atoms with van der Waals surface area (Å²) in [6.45, 7) is 4.05. The van der Waals surface area contributed by atoms with Crippen LogP contribution in [0.4, 0.5) is 0 Å². The van der Waals surface area contributed by atoms with Crippen LogP contribution in [0.25, 0.3) is 0 Å². The molecule has 0 unspecified atom stereocenters. The van der Waals surface area contributed by atoms with Gasteiger partial charge >= 0.3 is 11.9 Å².